The normalized spacial score (nSPS) is 21.4. The molecule has 1 aliphatic rings. The van der Waals surface area contributed by atoms with Crippen molar-refractivity contribution in [1.82, 2.24) is 0 Å². The van der Waals surface area contributed by atoms with Crippen LogP contribution in [0, 0.1) is 0 Å². The number of para-hydroxylation sites is 1. The highest BCUT2D eigenvalue weighted by Gasteiger charge is 2.35. The molecule has 2 aromatic carbocycles. The smallest absolute Gasteiger partial charge is 0.0382 e. The maximum absolute atomic E-state index is 3.53. The van der Waals surface area contributed by atoms with E-state index < -0.39 is 0 Å². The molecule has 0 saturated carbocycles. The fourth-order valence-electron chi connectivity index (χ4n) is 3.08. The lowest BCUT2D eigenvalue weighted by Gasteiger charge is -2.26. The van der Waals surface area contributed by atoms with Gasteiger partial charge in [0.15, 0.2) is 0 Å². The van der Waals surface area contributed by atoms with Crippen molar-refractivity contribution < 1.29 is 0 Å². The largest absolute Gasteiger partial charge is 0.384 e. The van der Waals surface area contributed by atoms with Crippen LogP contribution < -0.4 is 5.32 Å². The molecule has 0 aliphatic carbocycles. The van der Waals surface area contributed by atoms with Gasteiger partial charge in [0.05, 0.1) is 0 Å². The molecular formula is C19H23N. The van der Waals surface area contributed by atoms with E-state index >= 15 is 0 Å². The minimum absolute atomic E-state index is 0.0764. The van der Waals surface area contributed by atoms with Crippen LogP contribution in [0.1, 0.15) is 44.4 Å². The van der Waals surface area contributed by atoms with Crippen molar-refractivity contribution in [3.63, 3.8) is 0 Å². The van der Waals surface area contributed by atoms with Crippen LogP contribution >= 0.6 is 0 Å². The molecule has 1 N–H and O–H groups in total. The van der Waals surface area contributed by atoms with Gasteiger partial charge in [-0.3, -0.25) is 0 Å². The standard InChI is InChI=1S/C19H23N/c1-18(2,3)14-9-11-15(12-10-14)19(4)13-20-17-8-6-5-7-16(17)19/h5-12,20H,13H2,1-4H3. The van der Waals surface area contributed by atoms with E-state index in [0.29, 0.717) is 0 Å². The summed E-state index contributed by atoms with van der Waals surface area (Å²) in [6.07, 6.45) is 0. The average Bonchev–Trinajstić information content (AvgIpc) is 2.78. The molecule has 104 valence electrons. The summed E-state index contributed by atoms with van der Waals surface area (Å²) < 4.78 is 0. The molecule has 2 aromatic rings. The Morgan fingerprint density at radius 2 is 1.60 bits per heavy atom. The molecule has 0 amide bonds. The van der Waals surface area contributed by atoms with Crippen molar-refractivity contribution in [2.75, 3.05) is 11.9 Å². The molecule has 1 aliphatic heterocycles. The van der Waals surface area contributed by atoms with Gasteiger partial charge in [-0.25, -0.2) is 0 Å². The third-order valence-corrected chi connectivity index (χ3v) is 4.54. The van der Waals surface area contributed by atoms with Crippen molar-refractivity contribution in [2.45, 2.75) is 38.5 Å². The lowest BCUT2D eigenvalue weighted by atomic mass is 9.76. The summed E-state index contributed by atoms with van der Waals surface area (Å²) in [5.41, 5.74) is 5.75. The van der Waals surface area contributed by atoms with Crippen LogP contribution in [-0.4, -0.2) is 6.54 Å². The van der Waals surface area contributed by atoms with Gasteiger partial charge in [-0.05, 0) is 35.1 Å². The molecule has 0 saturated heterocycles. The maximum atomic E-state index is 3.53. The van der Waals surface area contributed by atoms with E-state index in [1.54, 1.807) is 0 Å². The van der Waals surface area contributed by atoms with Gasteiger partial charge >= 0.3 is 0 Å². The first-order valence-corrected chi connectivity index (χ1v) is 7.36. The summed E-state index contributed by atoms with van der Waals surface area (Å²) in [5, 5.41) is 3.53. The minimum Gasteiger partial charge on any atom is -0.384 e. The Balaban J connectivity index is 2.02. The number of nitrogens with one attached hydrogen (secondary N) is 1. The summed E-state index contributed by atoms with van der Waals surface area (Å²) in [6.45, 7) is 10.1. The third kappa shape index (κ3) is 2.02. The fraction of sp³-hybridized carbons (Fsp3) is 0.368. The first-order valence-electron chi connectivity index (χ1n) is 7.36. The SMILES string of the molecule is CC(C)(C)c1ccc(C2(C)CNc3ccccc32)cc1. The van der Waals surface area contributed by atoms with E-state index in [1.165, 1.54) is 22.4 Å². The predicted molar refractivity (Wildman–Crippen MR) is 86.5 cm³/mol. The molecule has 0 bridgehead atoms. The highest BCUT2D eigenvalue weighted by molar-refractivity contribution is 5.63. The number of hydrogen-bond donors (Lipinski definition) is 1. The number of hydrogen-bond acceptors (Lipinski definition) is 1. The second-order valence-corrected chi connectivity index (χ2v) is 7.06. The highest BCUT2D eigenvalue weighted by atomic mass is 14.9. The number of benzene rings is 2. The third-order valence-electron chi connectivity index (χ3n) is 4.54. The molecule has 1 heteroatoms. The molecule has 0 fully saturated rings. The zero-order chi connectivity index (χ0) is 14.4. The van der Waals surface area contributed by atoms with E-state index in [0.717, 1.165) is 6.54 Å². The van der Waals surface area contributed by atoms with Crippen LogP contribution in [0.25, 0.3) is 0 Å². The lowest BCUT2D eigenvalue weighted by Crippen LogP contribution is -2.26. The molecular weight excluding hydrogens is 242 g/mol. The van der Waals surface area contributed by atoms with E-state index in [4.69, 9.17) is 0 Å². The van der Waals surface area contributed by atoms with E-state index in [9.17, 15) is 0 Å². The van der Waals surface area contributed by atoms with Gasteiger partial charge in [0.25, 0.3) is 0 Å². The van der Waals surface area contributed by atoms with Gasteiger partial charge < -0.3 is 5.32 Å². The van der Waals surface area contributed by atoms with Gasteiger partial charge in [0.2, 0.25) is 0 Å². The van der Waals surface area contributed by atoms with Crippen LogP contribution in [0.4, 0.5) is 5.69 Å². The first kappa shape index (κ1) is 13.2. The molecule has 0 radical (unpaired) electrons. The summed E-state index contributed by atoms with van der Waals surface area (Å²) in [6, 6.07) is 17.8. The second kappa shape index (κ2) is 4.37. The molecule has 1 heterocycles. The molecule has 1 unspecified atom stereocenters. The number of fused-ring (bicyclic) bond motifs is 1. The van der Waals surface area contributed by atoms with Crippen molar-refractivity contribution in [2.24, 2.45) is 0 Å². The zero-order valence-electron chi connectivity index (χ0n) is 12.8. The number of rotatable bonds is 1. The van der Waals surface area contributed by atoms with Crippen LogP contribution in [-0.2, 0) is 10.8 Å². The monoisotopic (exact) mass is 265 g/mol. The first-order chi connectivity index (χ1) is 9.41. The zero-order valence-corrected chi connectivity index (χ0v) is 12.8. The molecule has 3 rings (SSSR count). The van der Waals surface area contributed by atoms with Gasteiger partial charge in [0.1, 0.15) is 0 Å². The highest BCUT2D eigenvalue weighted by Crippen LogP contribution is 2.41. The van der Waals surface area contributed by atoms with Gasteiger partial charge in [0, 0.05) is 17.6 Å². The van der Waals surface area contributed by atoms with Gasteiger partial charge in [-0.1, -0.05) is 63.2 Å². The summed E-state index contributed by atoms with van der Waals surface area (Å²) in [7, 11) is 0. The van der Waals surface area contributed by atoms with E-state index in [1.807, 2.05) is 0 Å². The van der Waals surface area contributed by atoms with Crippen LogP contribution in [0.5, 0.6) is 0 Å². The predicted octanol–water partition coefficient (Wildman–Crippen LogP) is 4.72. The topological polar surface area (TPSA) is 12.0 Å². The van der Waals surface area contributed by atoms with Crippen LogP contribution in [0.15, 0.2) is 48.5 Å². The summed E-state index contributed by atoms with van der Waals surface area (Å²) in [5.74, 6) is 0. The Kier molecular flexibility index (Phi) is 2.89. The van der Waals surface area contributed by atoms with E-state index in [2.05, 4.69) is 81.5 Å². The molecule has 0 spiro atoms. The fourth-order valence-corrected chi connectivity index (χ4v) is 3.08. The van der Waals surface area contributed by atoms with E-state index in [-0.39, 0.29) is 10.8 Å². The number of anilines is 1. The summed E-state index contributed by atoms with van der Waals surface area (Å²) >= 11 is 0. The van der Waals surface area contributed by atoms with Crippen LogP contribution in [0.2, 0.25) is 0 Å². The Morgan fingerprint density at radius 3 is 2.25 bits per heavy atom. The maximum Gasteiger partial charge on any atom is 0.0382 e. The molecule has 20 heavy (non-hydrogen) atoms. The Labute approximate surface area is 122 Å². The van der Waals surface area contributed by atoms with Crippen molar-refractivity contribution >= 4 is 5.69 Å². The van der Waals surface area contributed by atoms with Gasteiger partial charge in [-0.15, -0.1) is 0 Å². The van der Waals surface area contributed by atoms with Crippen molar-refractivity contribution in [3.05, 3.63) is 65.2 Å². The van der Waals surface area contributed by atoms with Crippen molar-refractivity contribution in [1.29, 1.82) is 0 Å². The molecule has 1 nitrogen and oxygen atoms in total. The Morgan fingerprint density at radius 1 is 0.950 bits per heavy atom. The second-order valence-electron chi connectivity index (χ2n) is 7.06. The molecule has 1 atom stereocenters. The lowest BCUT2D eigenvalue weighted by molar-refractivity contribution is 0.586. The Bertz CT molecular complexity index is 619. The summed E-state index contributed by atoms with van der Waals surface area (Å²) in [4.78, 5) is 0. The Hall–Kier alpha value is -1.76. The molecule has 0 aromatic heterocycles. The van der Waals surface area contributed by atoms with Crippen molar-refractivity contribution in [3.8, 4) is 0 Å². The van der Waals surface area contributed by atoms with Crippen LogP contribution in [0.3, 0.4) is 0 Å². The average molecular weight is 265 g/mol. The quantitative estimate of drug-likeness (QED) is 0.787. The minimum atomic E-state index is 0.0764. The van der Waals surface area contributed by atoms with Gasteiger partial charge in [-0.2, -0.15) is 0 Å².